The fourth-order valence-corrected chi connectivity index (χ4v) is 4.08. The number of hydrogen-bond acceptors (Lipinski definition) is 4. The van der Waals surface area contributed by atoms with Crippen molar-refractivity contribution in [2.24, 2.45) is 0 Å². The molecule has 0 heterocycles. The third-order valence-corrected chi connectivity index (χ3v) is 6.02. The minimum atomic E-state index is -0.484. The quantitative estimate of drug-likeness (QED) is 0.303. The molecule has 0 spiro atoms. The van der Waals surface area contributed by atoms with E-state index in [2.05, 4.69) is 39.0 Å². The lowest BCUT2D eigenvalue weighted by Crippen LogP contribution is -2.18. The molecule has 0 saturated carbocycles. The highest BCUT2D eigenvalue weighted by Gasteiger charge is 2.18. The zero-order valence-corrected chi connectivity index (χ0v) is 19.8. The number of benzene rings is 3. The van der Waals surface area contributed by atoms with E-state index in [1.807, 2.05) is 24.3 Å². The van der Waals surface area contributed by atoms with E-state index in [1.165, 1.54) is 5.56 Å². The number of ether oxygens (including phenoxy) is 2. The maximum atomic E-state index is 10.4. The van der Waals surface area contributed by atoms with Gasteiger partial charge in [-0.05, 0) is 30.9 Å². The van der Waals surface area contributed by atoms with E-state index in [9.17, 15) is 10.2 Å². The minimum absolute atomic E-state index is 0.268. The second kappa shape index (κ2) is 12.1. The van der Waals surface area contributed by atoms with Crippen molar-refractivity contribution in [1.29, 1.82) is 0 Å². The van der Waals surface area contributed by atoms with Crippen molar-refractivity contribution in [2.45, 2.75) is 77.9 Å². The molecule has 0 radical (unpaired) electrons. The van der Waals surface area contributed by atoms with Crippen molar-refractivity contribution in [2.75, 3.05) is 13.2 Å². The molecule has 4 heteroatoms. The van der Waals surface area contributed by atoms with Gasteiger partial charge in [-0.1, -0.05) is 82.9 Å². The average molecular weight is 439 g/mol. The highest BCUT2D eigenvalue weighted by Crippen LogP contribution is 2.43. The number of aliphatic hydroxyl groups is 2. The van der Waals surface area contributed by atoms with E-state index in [4.69, 9.17) is 9.47 Å². The first kappa shape index (κ1) is 24.3. The predicted molar refractivity (Wildman–Crippen MR) is 133 cm³/mol. The zero-order chi connectivity index (χ0) is 22.9. The molecular weight excluding hydrogens is 400 g/mol. The molecule has 2 N–H and O–H groups in total. The number of aryl methyl sites for hydroxylation is 1. The lowest BCUT2D eigenvalue weighted by Gasteiger charge is -2.20. The topological polar surface area (TPSA) is 58.9 Å². The summed E-state index contributed by atoms with van der Waals surface area (Å²) in [5, 5.41) is 24.6. The summed E-state index contributed by atoms with van der Waals surface area (Å²) in [5.74, 6) is 1.58. The van der Waals surface area contributed by atoms with Gasteiger partial charge in [0.15, 0.2) is 0 Å². The SMILES string of the molecule is CCCCC(O)COc1c2ccccc2c(OCC(O)CCCC)c2cc(CC)ccc12. The van der Waals surface area contributed by atoms with Gasteiger partial charge < -0.3 is 19.7 Å². The molecule has 0 aliphatic carbocycles. The van der Waals surface area contributed by atoms with Crippen LogP contribution in [0.4, 0.5) is 0 Å². The van der Waals surface area contributed by atoms with Crippen molar-refractivity contribution in [3.05, 3.63) is 48.0 Å². The Morgan fingerprint density at radius 1 is 0.688 bits per heavy atom. The van der Waals surface area contributed by atoms with E-state index >= 15 is 0 Å². The summed E-state index contributed by atoms with van der Waals surface area (Å²) in [6.07, 6.45) is 5.52. The van der Waals surface area contributed by atoms with Crippen LogP contribution in [0, 0.1) is 0 Å². The van der Waals surface area contributed by atoms with Crippen molar-refractivity contribution < 1.29 is 19.7 Å². The van der Waals surface area contributed by atoms with Gasteiger partial charge in [-0.25, -0.2) is 0 Å². The van der Waals surface area contributed by atoms with Gasteiger partial charge in [0.1, 0.15) is 24.7 Å². The Morgan fingerprint density at radius 3 is 1.69 bits per heavy atom. The second-order valence-corrected chi connectivity index (χ2v) is 8.65. The summed E-state index contributed by atoms with van der Waals surface area (Å²) < 4.78 is 12.5. The molecule has 2 unspecified atom stereocenters. The van der Waals surface area contributed by atoms with E-state index in [-0.39, 0.29) is 13.2 Å². The third kappa shape index (κ3) is 5.93. The van der Waals surface area contributed by atoms with E-state index < -0.39 is 12.2 Å². The molecule has 4 nitrogen and oxygen atoms in total. The summed E-state index contributed by atoms with van der Waals surface area (Å²) in [6, 6.07) is 14.5. The third-order valence-electron chi connectivity index (χ3n) is 6.02. The Labute approximate surface area is 192 Å². The number of hydrogen-bond donors (Lipinski definition) is 2. The van der Waals surface area contributed by atoms with E-state index in [0.29, 0.717) is 0 Å². The molecule has 3 rings (SSSR count). The van der Waals surface area contributed by atoms with E-state index in [1.54, 1.807) is 0 Å². The molecule has 0 saturated heterocycles. The Balaban J connectivity index is 2.03. The minimum Gasteiger partial charge on any atom is -0.490 e. The lowest BCUT2D eigenvalue weighted by molar-refractivity contribution is 0.0983. The molecule has 0 aliphatic heterocycles. The van der Waals surface area contributed by atoms with Crippen molar-refractivity contribution >= 4 is 21.5 Å². The van der Waals surface area contributed by atoms with Crippen LogP contribution in [0.2, 0.25) is 0 Å². The van der Waals surface area contributed by atoms with Gasteiger partial charge in [0.05, 0.1) is 12.2 Å². The van der Waals surface area contributed by atoms with Gasteiger partial charge in [-0.15, -0.1) is 0 Å². The summed E-state index contributed by atoms with van der Waals surface area (Å²) in [6.45, 7) is 6.92. The Hall–Kier alpha value is -2.30. The van der Waals surface area contributed by atoms with Gasteiger partial charge in [-0.3, -0.25) is 0 Å². The number of rotatable bonds is 13. The van der Waals surface area contributed by atoms with Crippen molar-refractivity contribution in [3.63, 3.8) is 0 Å². The monoisotopic (exact) mass is 438 g/mol. The standard InChI is InChI=1S/C28H38O4/c1-4-7-11-21(29)18-31-27-23-13-9-10-14-24(23)28(32-19-22(30)12-8-5-2)26-17-20(6-3)15-16-25(26)27/h9-10,13-17,21-22,29-30H,4-8,11-12,18-19H2,1-3H3. The van der Waals surface area contributed by atoms with Crippen LogP contribution in [0.15, 0.2) is 42.5 Å². The highest BCUT2D eigenvalue weighted by atomic mass is 16.5. The summed E-state index contributed by atoms with van der Waals surface area (Å²) >= 11 is 0. The smallest absolute Gasteiger partial charge is 0.135 e. The van der Waals surface area contributed by atoms with Crippen LogP contribution in [-0.2, 0) is 6.42 Å². The first-order valence-electron chi connectivity index (χ1n) is 12.2. The molecule has 3 aromatic rings. The fraction of sp³-hybridized carbons (Fsp3) is 0.500. The van der Waals surface area contributed by atoms with Crippen molar-refractivity contribution in [1.82, 2.24) is 0 Å². The maximum Gasteiger partial charge on any atom is 0.135 e. The lowest BCUT2D eigenvalue weighted by atomic mass is 9.98. The highest BCUT2D eigenvalue weighted by molar-refractivity contribution is 6.11. The molecule has 0 aliphatic rings. The first-order chi connectivity index (χ1) is 15.6. The molecule has 0 fully saturated rings. The van der Waals surface area contributed by atoms with Crippen LogP contribution < -0.4 is 9.47 Å². The second-order valence-electron chi connectivity index (χ2n) is 8.65. The van der Waals surface area contributed by atoms with Crippen LogP contribution in [0.5, 0.6) is 11.5 Å². The van der Waals surface area contributed by atoms with E-state index in [0.717, 1.165) is 78.0 Å². The van der Waals surface area contributed by atoms with Crippen LogP contribution >= 0.6 is 0 Å². The van der Waals surface area contributed by atoms with Gasteiger partial charge in [0, 0.05) is 21.5 Å². The van der Waals surface area contributed by atoms with Crippen molar-refractivity contribution in [3.8, 4) is 11.5 Å². The fourth-order valence-electron chi connectivity index (χ4n) is 4.08. The van der Waals surface area contributed by atoms with Gasteiger partial charge in [0.25, 0.3) is 0 Å². The molecule has 0 aromatic heterocycles. The molecule has 32 heavy (non-hydrogen) atoms. The predicted octanol–water partition coefficient (Wildman–Crippen LogP) is 6.42. The van der Waals surface area contributed by atoms with Crippen LogP contribution in [-0.4, -0.2) is 35.6 Å². The molecule has 0 amide bonds. The van der Waals surface area contributed by atoms with Gasteiger partial charge in [-0.2, -0.15) is 0 Å². The Kier molecular flexibility index (Phi) is 9.19. The summed E-state index contributed by atoms with van der Waals surface area (Å²) in [5.41, 5.74) is 1.22. The molecular formula is C28H38O4. The number of unbranched alkanes of at least 4 members (excludes halogenated alkanes) is 2. The molecule has 3 aromatic carbocycles. The van der Waals surface area contributed by atoms with Gasteiger partial charge in [0.2, 0.25) is 0 Å². The summed E-state index contributed by atoms with van der Waals surface area (Å²) in [7, 11) is 0. The maximum absolute atomic E-state index is 10.4. The number of fused-ring (bicyclic) bond motifs is 2. The van der Waals surface area contributed by atoms with Crippen LogP contribution in [0.3, 0.4) is 0 Å². The summed E-state index contributed by atoms with van der Waals surface area (Å²) in [4.78, 5) is 0. The normalized spacial score (nSPS) is 13.4. The largest absolute Gasteiger partial charge is 0.490 e. The molecule has 2 atom stereocenters. The Bertz CT molecular complexity index is 998. The average Bonchev–Trinajstić information content (AvgIpc) is 2.82. The molecule has 0 bridgehead atoms. The van der Waals surface area contributed by atoms with Gasteiger partial charge >= 0.3 is 0 Å². The Morgan fingerprint density at radius 2 is 1.19 bits per heavy atom. The first-order valence-corrected chi connectivity index (χ1v) is 12.2. The van der Waals surface area contributed by atoms with Crippen LogP contribution in [0.25, 0.3) is 21.5 Å². The van der Waals surface area contributed by atoms with Crippen LogP contribution in [0.1, 0.15) is 64.9 Å². The number of aliphatic hydroxyl groups excluding tert-OH is 2. The molecule has 174 valence electrons. The zero-order valence-electron chi connectivity index (χ0n) is 19.8.